The van der Waals surface area contributed by atoms with Gasteiger partial charge in [-0.05, 0) is 12.3 Å². The Hall–Kier alpha value is -0.610. The third-order valence-corrected chi connectivity index (χ3v) is 3.12. The van der Waals surface area contributed by atoms with Crippen molar-refractivity contribution in [2.75, 3.05) is 26.2 Å². The smallest absolute Gasteiger partial charge is 0.235 e. The number of hydrogen-bond acceptors (Lipinski definition) is 3. The van der Waals surface area contributed by atoms with Gasteiger partial charge in [0.25, 0.3) is 0 Å². The van der Waals surface area contributed by atoms with Crippen molar-refractivity contribution in [1.29, 1.82) is 0 Å². The fourth-order valence-corrected chi connectivity index (χ4v) is 2.39. The van der Waals surface area contributed by atoms with E-state index >= 15 is 0 Å². The molecular formula is C11H23N3O. The maximum atomic E-state index is 11.5. The first kappa shape index (κ1) is 12.5. The van der Waals surface area contributed by atoms with Crippen LogP contribution in [0.5, 0.6) is 0 Å². The van der Waals surface area contributed by atoms with Gasteiger partial charge in [0.15, 0.2) is 0 Å². The van der Waals surface area contributed by atoms with Crippen LogP contribution < -0.4 is 11.1 Å². The number of nitrogens with two attached hydrogens (primary N) is 1. The number of amides is 1. The summed E-state index contributed by atoms with van der Waals surface area (Å²) in [5, 5.41) is 3.29. The van der Waals surface area contributed by atoms with E-state index in [2.05, 4.69) is 24.1 Å². The Morgan fingerprint density at radius 3 is 2.53 bits per heavy atom. The number of hydrogen-bond donors (Lipinski definition) is 2. The van der Waals surface area contributed by atoms with Crippen LogP contribution in [0.2, 0.25) is 0 Å². The number of rotatable bonds is 5. The Bertz CT molecular complexity index is 202. The molecule has 0 saturated carbocycles. The summed E-state index contributed by atoms with van der Waals surface area (Å²) in [4.78, 5) is 13.7. The van der Waals surface area contributed by atoms with Crippen LogP contribution in [0.3, 0.4) is 0 Å². The highest BCUT2D eigenvalue weighted by molar-refractivity contribution is 5.80. The van der Waals surface area contributed by atoms with Crippen LogP contribution in [-0.4, -0.2) is 43.0 Å². The topological polar surface area (TPSA) is 58.4 Å². The van der Waals surface area contributed by atoms with E-state index in [1.807, 2.05) is 0 Å². The lowest BCUT2D eigenvalue weighted by Crippen LogP contribution is -2.55. The standard InChI is InChI=1S/C11H23N3O/c1-3-4-9(2)10(11(12)15)14-7-5-13-6-8-14/h9-10,13H,3-8H2,1-2H3,(H2,12,15). The second kappa shape index (κ2) is 6.08. The highest BCUT2D eigenvalue weighted by atomic mass is 16.1. The molecule has 15 heavy (non-hydrogen) atoms. The molecule has 0 aliphatic carbocycles. The van der Waals surface area contributed by atoms with Gasteiger partial charge in [-0.25, -0.2) is 0 Å². The Morgan fingerprint density at radius 1 is 1.47 bits per heavy atom. The highest BCUT2D eigenvalue weighted by Crippen LogP contribution is 2.16. The lowest BCUT2D eigenvalue weighted by Gasteiger charge is -2.36. The van der Waals surface area contributed by atoms with E-state index in [1.54, 1.807) is 0 Å². The molecule has 1 aliphatic rings. The molecule has 4 nitrogen and oxygen atoms in total. The van der Waals surface area contributed by atoms with Crippen molar-refractivity contribution in [2.24, 2.45) is 11.7 Å². The molecule has 2 atom stereocenters. The van der Waals surface area contributed by atoms with Crippen LogP contribution >= 0.6 is 0 Å². The van der Waals surface area contributed by atoms with Gasteiger partial charge in [0.1, 0.15) is 0 Å². The largest absolute Gasteiger partial charge is 0.368 e. The summed E-state index contributed by atoms with van der Waals surface area (Å²) in [5.74, 6) is 0.198. The quantitative estimate of drug-likeness (QED) is 0.685. The van der Waals surface area contributed by atoms with Gasteiger partial charge in [0.05, 0.1) is 6.04 Å². The second-order valence-corrected chi connectivity index (χ2v) is 4.40. The first-order valence-corrected chi connectivity index (χ1v) is 5.91. The monoisotopic (exact) mass is 213 g/mol. The van der Waals surface area contributed by atoms with E-state index in [9.17, 15) is 4.79 Å². The average molecular weight is 213 g/mol. The predicted molar refractivity (Wildman–Crippen MR) is 61.5 cm³/mol. The molecule has 88 valence electrons. The van der Waals surface area contributed by atoms with E-state index in [0.717, 1.165) is 39.0 Å². The molecule has 3 N–H and O–H groups in total. The molecule has 1 amide bonds. The molecule has 0 aromatic rings. The zero-order chi connectivity index (χ0) is 11.3. The Morgan fingerprint density at radius 2 is 2.07 bits per heavy atom. The molecule has 0 radical (unpaired) electrons. The molecule has 0 aromatic heterocycles. The number of nitrogens with zero attached hydrogens (tertiary/aromatic N) is 1. The number of primary amides is 1. The number of nitrogens with one attached hydrogen (secondary N) is 1. The predicted octanol–water partition coefficient (Wildman–Crippen LogP) is 0.182. The third kappa shape index (κ3) is 3.47. The minimum atomic E-state index is -0.169. The molecular weight excluding hydrogens is 190 g/mol. The number of carbonyl (C=O) groups is 1. The number of carbonyl (C=O) groups excluding carboxylic acids is 1. The zero-order valence-corrected chi connectivity index (χ0v) is 9.83. The fraction of sp³-hybridized carbons (Fsp3) is 0.909. The molecule has 0 bridgehead atoms. The van der Waals surface area contributed by atoms with Crippen LogP contribution in [0.25, 0.3) is 0 Å². The van der Waals surface area contributed by atoms with Gasteiger partial charge in [0, 0.05) is 26.2 Å². The fourth-order valence-electron chi connectivity index (χ4n) is 2.39. The summed E-state index contributed by atoms with van der Waals surface area (Å²) in [5.41, 5.74) is 5.50. The molecule has 1 rings (SSSR count). The van der Waals surface area contributed by atoms with Gasteiger partial charge in [-0.15, -0.1) is 0 Å². The normalized spacial score (nSPS) is 22.3. The van der Waals surface area contributed by atoms with Crippen molar-refractivity contribution in [3.63, 3.8) is 0 Å². The molecule has 2 unspecified atom stereocenters. The molecule has 1 saturated heterocycles. The molecule has 1 aliphatic heterocycles. The second-order valence-electron chi connectivity index (χ2n) is 4.40. The van der Waals surface area contributed by atoms with E-state index in [1.165, 1.54) is 0 Å². The van der Waals surface area contributed by atoms with Crippen molar-refractivity contribution in [3.8, 4) is 0 Å². The van der Waals surface area contributed by atoms with Crippen molar-refractivity contribution >= 4 is 5.91 Å². The van der Waals surface area contributed by atoms with Crippen molar-refractivity contribution in [2.45, 2.75) is 32.7 Å². The Kier molecular flexibility index (Phi) is 5.05. The first-order valence-electron chi connectivity index (χ1n) is 5.91. The highest BCUT2D eigenvalue weighted by Gasteiger charge is 2.29. The lowest BCUT2D eigenvalue weighted by atomic mass is 9.94. The number of piperazine rings is 1. The van der Waals surface area contributed by atoms with Gasteiger partial charge in [-0.2, -0.15) is 0 Å². The molecule has 4 heteroatoms. The lowest BCUT2D eigenvalue weighted by molar-refractivity contribution is -0.125. The summed E-state index contributed by atoms with van der Waals surface area (Å²) in [6.45, 7) is 8.06. The van der Waals surface area contributed by atoms with Gasteiger partial charge < -0.3 is 11.1 Å². The van der Waals surface area contributed by atoms with Gasteiger partial charge in [-0.1, -0.05) is 20.3 Å². The van der Waals surface area contributed by atoms with E-state index in [-0.39, 0.29) is 11.9 Å². The zero-order valence-electron chi connectivity index (χ0n) is 9.83. The molecule has 0 aromatic carbocycles. The minimum absolute atomic E-state index is 0.0768. The van der Waals surface area contributed by atoms with E-state index < -0.39 is 0 Å². The third-order valence-electron chi connectivity index (χ3n) is 3.12. The summed E-state index contributed by atoms with van der Waals surface area (Å²) >= 11 is 0. The Labute approximate surface area is 92.2 Å². The van der Waals surface area contributed by atoms with Crippen molar-refractivity contribution in [1.82, 2.24) is 10.2 Å². The van der Waals surface area contributed by atoms with Gasteiger partial charge in [-0.3, -0.25) is 9.69 Å². The van der Waals surface area contributed by atoms with Crippen LogP contribution in [-0.2, 0) is 4.79 Å². The van der Waals surface area contributed by atoms with Crippen molar-refractivity contribution < 1.29 is 4.79 Å². The van der Waals surface area contributed by atoms with Crippen molar-refractivity contribution in [3.05, 3.63) is 0 Å². The molecule has 0 spiro atoms. The van der Waals surface area contributed by atoms with E-state index in [4.69, 9.17) is 5.73 Å². The van der Waals surface area contributed by atoms with Crippen LogP contribution in [0.4, 0.5) is 0 Å². The average Bonchev–Trinajstić information content (AvgIpc) is 2.19. The maximum absolute atomic E-state index is 11.5. The van der Waals surface area contributed by atoms with Gasteiger partial charge in [0.2, 0.25) is 5.91 Å². The first-order chi connectivity index (χ1) is 7.16. The Balaban J connectivity index is 2.58. The maximum Gasteiger partial charge on any atom is 0.235 e. The van der Waals surface area contributed by atoms with Crippen LogP contribution in [0, 0.1) is 5.92 Å². The van der Waals surface area contributed by atoms with Crippen LogP contribution in [0.15, 0.2) is 0 Å². The molecule has 1 fully saturated rings. The molecule has 1 heterocycles. The van der Waals surface area contributed by atoms with Crippen LogP contribution in [0.1, 0.15) is 26.7 Å². The van der Waals surface area contributed by atoms with E-state index in [0.29, 0.717) is 5.92 Å². The van der Waals surface area contributed by atoms with Gasteiger partial charge >= 0.3 is 0 Å². The minimum Gasteiger partial charge on any atom is -0.368 e. The summed E-state index contributed by atoms with van der Waals surface area (Å²) < 4.78 is 0. The SMILES string of the molecule is CCCC(C)C(C(N)=O)N1CCNCC1. The summed E-state index contributed by atoms with van der Waals surface area (Å²) in [6, 6.07) is -0.0768. The summed E-state index contributed by atoms with van der Waals surface area (Å²) in [6.07, 6.45) is 2.18. The summed E-state index contributed by atoms with van der Waals surface area (Å²) in [7, 11) is 0.